The monoisotopic (exact) mass is 1160 g/mol. The fraction of sp³-hybridized carbons (Fsp3) is 0.339. The molecular formula is C62H64FN9O9S2. The molecular weight excluding hydrogens is 1100 g/mol. The zero-order chi connectivity index (χ0) is 59.0. The number of halogens is 1. The van der Waals surface area contributed by atoms with Crippen molar-refractivity contribution in [3.63, 3.8) is 0 Å². The maximum absolute atomic E-state index is 15.7. The number of aliphatic hydroxyl groups excluding tert-OH is 1. The number of esters is 1. The number of nitrogens with zero attached hydrogens (tertiary/aromatic N) is 6. The van der Waals surface area contributed by atoms with Gasteiger partial charge in [0, 0.05) is 40.8 Å². The van der Waals surface area contributed by atoms with Crippen LogP contribution in [0.2, 0.25) is 0 Å². The number of thiophene rings is 1. The Kier molecular flexibility index (Phi) is 16.6. The summed E-state index contributed by atoms with van der Waals surface area (Å²) in [4.78, 5) is 80.6. The topological polar surface area (TPSA) is 232 Å². The van der Waals surface area contributed by atoms with E-state index < -0.39 is 65.1 Å². The summed E-state index contributed by atoms with van der Waals surface area (Å²) in [5.74, 6) is -1.52. The molecule has 0 radical (unpaired) electrons. The van der Waals surface area contributed by atoms with Gasteiger partial charge in [0.2, 0.25) is 11.8 Å². The molecule has 4 aromatic carbocycles. The number of rotatable bonds is 17. The number of methoxy groups -OCH3 is 1. The first-order valence-electron chi connectivity index (χ1n) is 27.3. The lowest BCUT2D eigenvalue weighted by atomic mass is 9.85. The first kappa shape index (κ1) is 57.8. The number of fused-ring (bicyclic) bond motifs is 4. The molecule has 18 nitrogen and oxygen atoms in total. The number of benzene rings is 4. The molecule has 2 aliphatic rings. The molecule has 0 aliphatic carbocycles. The first-order valence-corrected chi connectivity index (χ1v) is 29.0. The Morgan fingerprint density at radius 1 is 0.880 bits per heavy atom. The highest BCUT2D eigenvalue weighted by Gasteiger charge is 2.45. The zero-order valence-corrected chi connectivity index (χ0v) is 49.1. The van der Waals surface area contributed by atoms with Crippen molar-refractivity contribution in [1.82, 2.24) is 40.6 Å². The number of β-amino-alcohol motifs (C(OH)–C–C–N with tert-alkyl or cyclic N) is 1. The molecule has 2 aliphatic heterocycles. The van der Waals surface area contributed by atoms with E-state index >= 15 is 4.39 Å². The molecule has 4 aromatic heterocycles. The minimum atomic E-state index is -1.10. The molecule has 8 aromatic rings. The van der Waals surface area contributed by atoms with Gasteiger partial charge in [-0.3, -0.25) is 33.5 Å². The molecule has 10 rings (SSSR count). The highest BCUT2D eigenvalue weighted by atomic mass is 32.1. The Labute approximate surface area is 487 Å². The van der Waals surface area contributed by atoms with Crippen LogP contribution in [0.3, 0.4) is 0 Å². The van der Waals surface area contributed by atoms with Crippen molar-refractivity contribution in [3.8, 4) is 32.3 Å². The van der Waals surface area contributed by atoms with Crippen molar-refractivity contribution in [2.45, 2.75) is 105 Å². The van der Waals surface area contributed by atoms with Crippen LogP contribution in [-0.4, -0.2) is 110 Å². The standard InChI is InChI=1S/C62H64FN9O9S2/c1-32-35(4)83-61-52(32)53(67-47(21-23-51(74)79-9)56-70-69-36(5)72(56)61)39-14-12-38(13-15-39)41-18-20-45(46(63)27-41)57(75)64-24-25-80-44-19-22-49-42(26-44)28-50(81-49)59(77)68-55(62(6,7)8)60(78)71-30-43(73)29-48(71)58(76)66-33(2)37-10-16-40(17-11-37)54-34(3)65-31-82-54/h10-20,22,26-28,31,33,43,47-48,55,73H,21,23-25,29-30H2,1-9H3,(H,64,75)(H,66,76)(H,68,77)/t33-,43+,47-,48-,55+/m0/s1. The molecule has 6 heterocycles. The van der Waals surface area contributed by atoms with Crippen molar-refractivity contribution in [2.24, 2.45) is 10.4 Å². The van der Waals surface area contributed by atoms with E-state index in [0.29, 0.717) is 40.4 Å². The van der Waals surface area contributed by atoms with E-state index in [1.165, 1.54) is 30.2 Å². The Morgan fingerprint density at radius 2 is 1.60 bits per heavy atom. The van der Waals surface area contributed by atoms with Crippen molar-refractivity contribution in [3.05, 3.63) is 158 Å². The first-order chi connectivity index (χ1) is 39.7. The summed E-state index contributed by atoms with van der Waals surface area (Å²) in [5.41, 5.74) is 8.98. The van der Waals surface area contributed by atoms with Gasteiger partial charge in [-0.25, -0.2) is 9.37 Å². The minimum absolute atomic E-state index is 0.0382. The quantitative estimate of drug-likeness (QED) is 0.0493. The largest absolute Gasteiger partial charge is 0.492 e. The number of carbonyl (C=O) groups is 5. The van der Waals surface area contributed by atoms with Gasteiger partial charge < -0.3 is 39.8 Å². The van der Waals surface area contributed by atoms with Gasteiger partial charge >= 0.3 is 5.97 Å². The number of aliphatic hydroxyl groups is 1. The number of ether oxygens (including phenoxy) is 2. The molecule has 0 saturated carbocycles. The van der Waals surface area contributed by atoms with Crippen LogP contribution < -0.4 is 20.7 Å². The summed E-state index contributed by atoms with van der Waals surface area (Å²) in [6, 6.07) is 23.5. The summed E-state index contributed by atoms with van der Waals surface area (Å²) in [6.45, 7) is 15.2. The van der Waals surface area contributed by atoms with Crippen LogP contribution in [0.15, 0.2) is 106 Å². The van der Waals surface area contributed by atoms with E-state index in [4.69, 9.17) is 18.9 Å². The number of thiazole rings is 1. The summed E-state index contributed by atoms with van der Waals surface area (Å²) >= 11 is 3.19. The molecule has 5 atom stereocenters. The van der Waals surface area contributed by atoms with Gasteiger partial charge in [-0.1, -0.05) is 75.4 Å². The van der Waals surface area contributed by atoms with Gasteiger partial charge in [-0.2, -0.15) is 0 Å². The van der Waals surface area contributed by atoms with Crippen LogP contribution in [0.25, 0.3) is 37.5 Å². The third-order valence-electron chi connectivity index (χ3n) is 15.2. The molecule has 0 spiro atoms. The van der Waals surface area contributed by atoms with Gasteiger partial charge in [0.05, 0.1) is 53.2 Å². The number of aliphatic imine (C=N–C) groups is 1. The van der Waals surface area contributed by atoms with Gasteiger partial charge in [-0.15, -0.1) is 32.9 Å². The predicted molar refractivity (Wildman–Crippen MR) is 315 cm³/mol. The maximum Gasteiger partial charge on any atom is 0.305 e. The number of hydrogen-bond acceptors (Lipinski definition) is 15. The molecule has 21 heteroatoms. The number of amides is 4. The lowest BCUT2D eigenvalue weighted by Crippen LogP contribution is -2.57. The van der Waals surface area contributed by atoms with Crippen molar-refractivity contribution < 1.29 is 47.4 Å². The number of aryl methyl sites for hydroxylation is 3. The van der Waals surface area contributed by atoms with Crippen LogP contribution in [0.5, 0.6) is 5.75 Å². The highest BCUT2D eigenvalue weighted by molar-refractivity contribution is 7.15. The fourth-order valence-corrected chi connectivity index (χ4v) is 12.5. The molecule has 1 saturated heterocycles. The van der Waals surface area contributed by atoms with Crippen LogP contribution in [-0.2, 0) is 19.1 Å². The summed E-state index contributed by atoms with van der Waals surface area (Å²) in [6.07, 6.45) is -0.377. The Bertz CT molecular complexity index is 3820. The second-order valence-corrected chi connectivity index (χ2v) is 24.0. The van der Waals surface area contributed by atoms with E-state index in [2.05, 4.69) is 45.0 Å². The third kappa shape index (κ3) is 12.1. The number of furan rings is 1. The number of nitrogens with one attached hydrogen (secondary N) is 3. The molecule has 0 bridgehead atoms. The summed E-state index contributed by atoms with van der Waals surface area (Å²) in [5, 5.41) is 29.7. The fourth-order valence-electron chi connectivity index (χ4n) is 10.5. The molecule has 0 unspecified atom stereocenters. The van der Waals surface area contributed by atoms with Crippen LogP contribution in [0.4, 0.5) is 4.39 Å². The molecule has 4 amide bonds. The molecule has 430 valence electrons. The number of carbonyl (C=O) groups excluding carboxylic acids is 5. The van der Waals surface area contributed by atoms with E-state index in [0.717, 1.165) is 59.5 Å². The summed E-state index contributed by atoms with van der Waals surface area (Å²) < 4.78 is 34.5. The van der Waals surface area contributed by atoms with Crippen molar-refractivity contribution in [2.75, 3.05) is 26.8 Å². The second-order valence-electron chi connectivity index (χ2n) is 22.0. The summed E-state index contributed by atoms with van der Waals surface area (Å²) in [7, 11) is 1.36. The van der Waals surface area contributed by atoms with Crippen LogP contribution in [0.1, 0.15) is 124 Å². The van der Waals surface area contributed by atoms with Gasteiger partial charge in [0.25, 0.3) is 11.8 Å². The number of likely N-dealkylation sites (tertiary alicyclic amines) is 1. The average molecular weight is 1160 g/mol. The van der Waals surface area contributed by atoms with Gasteiger partial charge in [0.1, 0.15) is 52.7 Å². The molecule has 1 fully saturated rings. The van der Waals surface area contributed by atoms with Crippen molar-refractivity contribution >= 4 is 69.0 Å². The second kappa shape index (κ2) is 23.8. The van der Waals surface area contributed by atoms with E-state index in [1.807, 2.05) is 73.9 Å². The Hall–Kier alpha value is -8.40. The number of hydrogen-bond donors (Lipinski definition) is 4. The zero-order valence-electron chi connectivity index (χ0n) is 47.5. The van der Waals surface area contributed by atoms with Crippen LogP contribution >= 0.6 is 22.7 Å². The number of aromatic nitrogens is 4. The maximum atomic E-state index is 15.7. The molecule has 4 N–H and O–H groups in total. The lowest BCUT2D eigenvalue weighted by molar-refractivity contribution is -0.142. The predicted octanol–water partition coefficient (Wildman–Crippen LogP) is 9.88. The van der Waals surface area contributed by atoms with Crippen molar-refractivity contribution in [1.29, 1.82) is 0 Å². The molecule has 83 heavy (non-hydrogen) atoms. The normalized spacial score (nSPS) is 16.5. The van der Waals surface area contributed by atoms with E-state index in [-0.39, 0.29) is 49.8 Å². The van der Waals surface area contributed by atoms with Gasteiger partial charge in [0.15, 0.2) is 11.6 Å². The van der Waals surface area contributed by atoms with E-state index in [9.17, 15) is 29.1 Å². The lowest BCUT2D eigenvalue weighted by Gasteiger charge is -2.35. The average Bonchev–Trinajstić information content (AvgIpc) is 4.52. The minimum Gasteiger partial charge on any atom is -0.492 e. The SMILES string of the molecule is COC(=O)CC[C@@H]1N=C(c2ccc(-c3ccc(C(=O)NCCOc4ccc5oc(C(=O)N[C@H](C(=O)N6C[C@H](O)C[C@H]6C(=O)N[C@@H](C)c6ccc(-c7scnc7C)cc6)C(C)(C)C)cc5c4)c(F)c3)cc2)c2c(sc(C)c2C)-n2c(C)nnc21. The van der Waals surface area contributed by atoms with E-state index in [1.54, 1.807) is 73.2 Å². The Morgan fingerprint density at radius 3 is 2.30 bits per heavy atom. The smallest absolute Gasteiger partial charge is 0.305 e. The van der Waals surface area contributed by atoms with Crippen LogP contribution in [0, 0.1) is 38.9 Å². The highest BCUT2D eigenvalue weighted by Crippen LogP contribution is 2.41. The van der Waals surface area contributed by atoms with Gasteiger partial charge in [-0.05, 0) is 111 Å². The third-order valence-corrected chi connectivity index (χ3v) is 17.4. The Balaban J connectivity index is 0.739.